The molecule has 2 atom stereocenters. The number of hydrogen-bond donors (Lipinski definition) is 0. The second-order valence-corrected chi connectivity index (χ2v) is 7.57. The van der Waals surface area contributed by atoms with E-state index in [-0.39, 0.29) is 58.4 Å². The number of phosphoric acid groups is 4. The van der Waals surface area contributed by atoms with E-state index in [9.17, 15) is 47.6 Å². The molecule has 0 aromatic rings. The van der Waals surface area contributed by atoms with Crippen molar-refractivity contribution in [1.82, 2.24) is 0 Å². The van der Waals surface area contributed by atoms with E-state index in [0.717, 1.165) is 0 Å². The van der Waals surface area contributed by atoms with Gasteiger partial charge in [-0.3, -0.25) is 17.8 Å². The summed E-state index contributed by atoms with van der Waals surface area (Å²) < 4.78 is 48.5. The fourth-order valence-corrected chi connectivity index (χ4v) is 4.11. The molecule has 0 heterocycles. The molecule has 0 radical (unpaired) electrons. The summed E-state index contributed by atoms with van der Waals surface area (Å²) in [4.78, 5) is 60.0. The Morgan fingerprint density at radius 3 is 0.850 bits per heavy atom. The Morgan fingerprint density at radius 2 is 0.700 bits per heavy atom. The summed E-state index contributed by atoms with van der Waals surface area (Å²) in [5.41, 5.74) is 0. The molecule has 0 aliphatic heterocycles. The molecule has 20 heavy (non-hydrogen) atoms. The van der Waals surface area contributed by atoms with Crippen LogP contribution in [0, 0.1) is 0 Å². The minimum atomic E-state index is -6.26. The molecule has 0 aromatic carbocycles. The van der Waals surface area contributed by atoms with Gasteiger partial charge in [0, 0.05) is 0 Å². The van der Waals surface area contributed by atoms with E-state index in [0.29, 0.717) is 0 Å². The van der Waals surface area contributed by atoms with E-state index in [1.54, 1.807) is 0 Å². The molecular weight excluding hydrogens is 528 g/mol. The number of hydrogen-bond acceptors (Lipinski definition) is 13. The third kappa shape index (κ3) is 18.5. The third-order valence-electron chi connectivity index (χ3n) is 0.600. The zero-order chi connectivity index (χ0) is 14.1. The van der Waals surface area contributed by atoms with Crippen molar-refractivity contribution in [3.05, 3.63) is 0 Å². The van der Waals surface area contributed by atoms with Crippen LogP contribution in [0.2, 0.25) is 0 Å². The number of rotatable bonds is 6. The molecule has 2 unspecified atom stereocenters. The van der Waals surface area contributed by atoms with Gasteiger partial charge in [-0.05, 0) is 0 Å². The average Bonchev–Trinajstić information content (AvgIpc) is 1.65. The summed E-state index contributed by atoms with van der Waals surface area (Å²) in [7, 11) is -24.9. The van der Waals surface area contributed by atoms with Gasteiger partial charge < -0.3 is 38.5 Å². The van der Waals surface area contributed by atoms with Crippen molar-refractivity contribution >= 4 is 31.3 Å². The van der Waals surface area contributed by atoms with Crippen LogP contribution >= 0.6 is 31.3 Å². The van der Waals surface area contributed by atoms with Gasteiger partial charge in [0.15, 0.2) is 0 Å². The largest absolute Gasteiger partial charge is 2.00 e. The van der Waals surface area contributed by atoms with Gasteiger partial charge in [0.25, 0.3) is 15.6 Å². The quantitative estimate of drug-likeness (QED) is 0.234. The first-order valence-electron chi connectivity index (χ1n) is 2.92. The summed E-state index contributed by atoms with van der Waals surface area (Å²) in [5.74, 6) is 0. The Balaban J connectivity index is -0.000000427. The van der Waals surface area contributed by atoms with Crippen molar-refractivity contribution < 1.29 is 119 Å². The molecule has 0 spiro atoms. The van der Waals surface area contributed by atoms with E-state index >= 15 is 0 Å². The molecule has 0 saturated heterocycles. The summed E-state index contributed by atoms with van der Waals surface area (Å²) in [6.07, 6.45) is 0. The Bertz CT molecular complexity index is 414. The van der Waals surface area contributed by atoms with Gasteiger partial charge in [-0.25, -0.2) is 4.31 Å². The third-order valence-corrected chi connectivity index (χ3v) is 5.40. The minimum absolute atomic E-state index is 0. The van der Waals surface area contributed by atoms with E-state index in [1.807, 2.05) is 0 Å². The van der Waals surface area contributed by atoms with Crippen molar-refractivity contribution in [3.8, 4) is 0 Å². The first kappa shape index (κ1) is 30.3. The summed E-state index contributed by atoms with van der Waals surface area (Å²) in [6.45, 7) is 0. The van der Waals surface area contributed by atoms with Crippen LogP contribution in [0.4, 0.5) is 0 Å². The van der Waals surface area contributed by atoms with Gasteiger partial charge in [0.1, 0.15) is 0 Å². The molecule has 0 fully saturated rings. The topological polar surface area (TPSA) is 234 Å². The summed E-state index contributed by atoms with van der Waals surface area (Å²) in [5, 5.41) is 0. The normalized spacial score (nSPS) is 17.5. The molecule has 0 saturated carbocycles. The second kappa shape index (κ2) is 10.3. The molecule has 0 aromatic heterocycles. The predicted octanol–water partition coefficient (Wildman–Crippen LogP) is -4.38. The van der Waals surface area contributed by atoms with Crippen molar-refractivity contribution in [2.75, 3.05) is 0 Å². The van der Waals surface area contributed by atoms with Crippen molar-refractivity contribution in [3.63, 3.8) is 0 Å². The van der Waals surface area contributed by atoms with Crippen LogP contribution in [-0.4, -0.2) is 0 Å². The van der Waals surface area contributed by atoms with E-state index < -0.39 is 31.3 Å². The standard InChI is InChI=1S/H6O13P4.3Zn/c1-14(2,3)11-16(7,8)13-17(9,10)12-15(4,5)6;;;/h(H,7,8)(H,9,10)(H2,1,2,3)(H2,4,5,6);;;/q;3*+2/p-6. The molecule has 0 aliphatic carbocycles. The second-order valence-electron chi connectivity index (χ2n) is 2.03. The average molecular weight is 528 g/mol. The van der Waals surface area contributed by atoms with Gasteiger partial charge in [-0.1, -0.05) is 0 Å². The maximum absolute atomic E-state index is 10.4. The van der Waals surface area contributed by atoms with Crippen LogP contribution in [0.1, 0.15) is 0 Å². The first-order valence-corrected chi connectivity index (χ1v) is 8.76. The van der Waals surface area contributed by atoms with Crippen LogP contribution in [0.15, 0.2) is 0 Å². The van der Waals surface area contributed by atoms with Gasteiger partial charge in [0.2, 0.25) is 0 Å². The maximum atomic E-state index is 10.4. The fourth-order valence-electron chi connectivity index (χ4n) is 0.397. The Hall–Kier alpha value is 2.43. The zero-order valence-electron chi connectivity index (χ0n) is 9.22. The smallest absolute Gasteiger partial charge is 0.790 e. The molecule has 0 amide bonds. The molecule has 13 nitrogen and oxygen atoms in total. The van der Waals surface area contributed by atoms with Crippen LogP contribution in [0.25, 0.3) is 0 Å². The van der Waals surface area contributed by atoms with Crippen LogP contribution in [0.5, 0.6) is 0 Å². The van der Waals surface area contributed by atoms with Crippen LogP contribution in [-0.2, 0) is 89.6 Å². The SMILES string of the molecule is O=P([O-])([O-])OP(=O)([O-])OP(=O)([O-])OP(=O)([O-])[O-].[Zn+2].[Zn+2].[Zn+2]. The van der Waals surface area contributed by atoms with Crippen molar-refractivity contribution in [2.45, 2.75) is 0 Å². The molecule has 20 heteroatoms. The maximum Gasteiger partial charge on any atom is 2.00 e. The molecule has 0 N–H and O–H groups in total. The van der Waals surface area contributed by atoms with Crippen molar-refractivity contribution in [1.29, 1.82) is 0 Å². The van der Waals surface area contributed by atoms with E-state index in [4.69, 9.17) is 0 Å². The molecule has 0 bridgehead atoms. The minimum Gasteiger partial charge on any atom is -0.790 e. The van der Waals surface area contributed by atoms with Gasteiger partial charge in [-0.2, -0.15) is 0 Å². The predicted molar refractivity (Wildman–Crippen MR) is 33.7 cm³/mol. The summed E-state index contributed by atoms with van der Waals surface area (Å²) in [6, 6.07) is 0. The van der Waals surface area contributed by atoms with Gasteiger partial charge >= 0.3 is 58.4 Å². The summed E-state index contributed by atoms with van der Waals surface area (Å²) >= 11 is 0. The fraction of sp³-hybridized carbons (Fsp3) is 0. The Labute approximate surface area is 149 Å². The molecule has 0 rings (SSSR count). The van der Waals surface area contributed by atoms with Crippen LogP contribution < -0.4 is 29.4 Å². The van der Waals surface area contributed by atoms with Crippen molar-refractivity contribution in [2.24, 2.45) is 0 Å². The van der Waals surface area contributed by atoms with Gasteiger partial charge in [0.05, 0.1) is 15.6 Å². The zero-order valence-corrected chi connectivity index (χ0v) is 21.7. The molecule has 0 aliphatic rings. The Morgan fingerprint density at radius 1 is 0.500 bits per heavy atom. The molecule has 104 valence electrons. The first-order chi connectivity index (χ1) is 7.12. The van der Waals surface area contributed by atoms with Gasteiger partial charge in [-0.15, -0.1) is 0 Å². The molecular formula is O13P4Zn3. The van der Waals surface area contributed by atoms with Crippen LogP contribution in [0.3, 0.4) is 0 Å². The monoisotopic (exact) mass is 524 g/mol. The Kier molecular flexibility index (Phi) is 15.7. The van der Waals surface area contributed by atoms with E-state index in [1.165, 1.54) is 0 Å². The van der Waals surface area contributed by atoms with E-state index in [2.05, 4.69) is 12.9 Å².